The van der Waals surface area contributed by atoms with Crippen molar-refractivity contribution in [1.29, 1.82) is 0 Å². The minimum Gasteiger partial charge on any atom is -0.384 e. The molecule has 1 rings (SSSR count). The number of benzene rings is 1. The van der Waals surface area contributed by atoms with Crippen molar-refractivity contribution < 1.29 is 4.74 Å². The van der Waals surface area contributed by atoms with Gasteiger partial charge in [0.25, 0.3) is 0 Å². The Morgan fingerprint density at radius 3 is 2.71 bits per heavy atom. The summed E-state index contributed by atoms with van der Waals surface area (Å²) in [4.78, 5) is 0. The number of rotatable bonds is 7. The lowest BCUT2D eigenvalue weighted by Gasteiger charge is -2.21. The van der Waals surface area contributed by atoms with Crippen molar-refractivity contribution in [2.45, 2.75) is 32.7 Å². The van der Waals surface area contributed by atoms with Crippen molar-refractivity contribution in [3.8, 4) is 0 Å². The van der Waals surface area contributed by atoms with Crippen LogP contribution in [0, 0.1) is 5.92 Å². The van der Waals surface area contributed by atoms with E-state index in [9.17, 15) is 0 Å². The molecule has 0 aliphatic rings. The first-order valence-electron chi connectivity index (χ1n) is 6.46. The zero-order valence-electron chi connectivity index (χ0n) is 11.5. The van der Waals surface area contributed by atoms with E-state index in [4.69, 9.17) is 4.74 Å². The first-order valence-corrected chi connectivity index (χ1v) is 6.46. The Bertz CT molecular complexity index is 324. The van der Waals surface area contributed by atoms with E-state index in [2.05, 4.69) is 43.4 Å². The molecule has 0 radical (unpaired) electrons. The molecule has 0 spiro atoms. The second kappa shape index (κ2) is 7.46. The molecule has 1 aromatic carbocycles. The number of hydrogen-bond acceptors (Lipinski definition) is 2. The van der Waals surface area contributed by atoms with Crippen LogP contribution in [0.2, 0.25) is 0 Å². The molecule has 0 bridgehead atoms. The fraction of sp³-hybridized carbons (Fsp3) is 0.600. The van der Waals surface area contributed by atoms with Crippen LogP contribution in [0.25, 0.3) is 0 Å². The van der Waals surface area contributed by atoms with Gasteiger partial charge in [-0.3, -0.25) is 0 Å². The summed E-state index contributed by atoms with van der Waals surface area (Å²) < 4.78 is 5.20. The highest BCUT2D eigenvalue weighted by molar-refractivity contribution is 5.26. The van der Waals surface area contributed by atoms with Gasteiger partial charge in [-0.15, -0.1) is 0 Å². The molecule has 2 atom stereocenters. The molecule has 2 heteroatoms. The summed E-state index contributed by atoms with van der Waals surface area (Å²) in [6.07, 6.45) is 2.20. The van der Waals surface area contributed by atoms with Gasteiger partial charge in [-0.1, -0.05) is 38.1 Å². The number of aryl methyl sites for hydroxylation is 1. The van der Waals surface area contributed by atoms with Gasteiger partial charge in [0, 0.05) is 19.8 Å². The van der Waals surface area contributed by atoms with Gasteiger partial charge in [0.1, 0.15) is 0 Å². The molecule has 96 valence electrons. The average molecular weight is 235 g/mol. The molecule has 2 nitrogen and oxygen atoms in total. The molecule has 1 N–H and O–H groups in total. The van der Waals surface area contributed by atoms with Gasteiger partial charge in [0.15, 0.2) is 0 Å². The minimum absolute atomic E-state index is 0.423. The zero-order valence-corrected chi connectivity index (χ0v) is 11.5. The fourth-order valence-corrected chi connectivity index (χ4v) is 2.21. The van der Waals surface area contributed by atoms with Gasteiger partial charge < -0.3 is 10.1 Å². The summed E-state index contributed by atoms with van der Waals surface area (Å²) in [5.41, 5.74) is 2.79. The lowest BCUT2D eigenvalue weighted by Crippen LogP contribution is -2.20. The predicted molar refractivity (Wildman–Crippen MR) is 73.3 cm³/mol. The van der Waals surface area contributed by atoms with Gasteiger partial charge >= 0.3 is 0 Å². The predicted octanol–water partition coefficient (Wildman–Crippen LogP) is 3.18. The molecule has 0 aliphatic carbocycles. The molecule has 2 unspecified atom stereocenters. The van der Waals surface area contributed by atoms with Crippen molar-refractivity contribution in [3.63, 3.8) is 0 Å². The Morgan fingerprint density at radius 1 is 1.35 bits per heavy atom. The van der Waals surface area contributed by atoms with E-state index in [1.807, 2.05) is 7.05 Å². The average Bonchev–Trinajstić information content (AvgIpc) is 2.36. The van der Waals surface area contributed by atoms with E-state index in [0.717, 1.165) is 19.4 Å². The summed E-state index contributed by atoms with van der Waals surface area (Å²) in [6, 6.07) is 9.28. The van der Waals surface area contributed by atoms with E-state index in [1.165, 1.54) is 11.1 Å². The Hall–Kier alpha value is -0.860. The largest absolute Gasteiger partial charge is 0.384 e. The van der Waals surface area contributed by atoms with Crippen molar-refractivity contribution in [2.24, 2.45) is 5.92 Å². The molecule has 17 heavy (non-hydrogen) atoms. The van der Waals surface area contributed by atoms with Crippen LogP contribution in [0.4, 0.5) is 0 Å². The highest BCUT2D eigenvalue weighted by atomic mass is 16.5. The summed E-state index contributed by atoms with van der Waals surface area (Å²) in [5.74, 6) is 0.572. The fourth-order valence-electron chi connectivity index (χ4n) is 2.21. The van der Waals surface area contributed by atoms with Crippen LogP contribution in [0.5, 0.6) is 0 Å². The highest BCUT2D eigenvalue weighted by Gasteiger charge is 2.13. The monoisotopic (exact) mass is 235 g/mol. The van der Waals surface area contributed by atoms with Crippen molar-refractivity contribution >= 4 is 0 Å². The maximum atomic E-state index is 5.20. The normalized spacial score (nSPS) is 14.6. The minimum atomic E-state index is 0.423. The third-order valence-corrected chi connectivity index (χ3v) is 3.20. The summed E-state index contributed by atoms with van der Waals surface area (Å²) in [7, 11) is 3.80. The van der Waals surface area contributed by atoms with Crippen molar-refractivity contribution in [3.05, 3.63) is 35.4 Å². The molecule has 0 saturated carbocycles. The quantitative estimate of drug-likeness (QED) is 0.783. The summed E-state index contributed by atoms with van der Waals surface area (Å²) in [5, 5.41) is 3.40. The Kier molecular flexibility index (Phi) is 6.23. The maximum Gasteiger partial charge on any atom is 0.0488 e. The van der Waals surface area contributed by atoms with Gasteiger partial charge in [0.05, 0.1) is 0 Å². The van der Waals surface area contributed by atoms with Gasteiger partial charge in [-0.05, 0) is 36.9 Å². The molecule has 0 fully saturated rings. The van der Waals surface area contributed by atoms with Crippen LogP contribution in [-0.2, 0) is 11.2 Å². The van der Waals surface area contributed by atoms with Gasteiger partial charge in [-0.25, -0.2) is 0 Å². The number of ether oxygens (including phenoxy) is 1. The topological polar surface area (TPSA) is 21.3 Å². The Labute approximate surface area is 105 Å². The first kappa shape index (κ1) is 14.2. The van der Waals surface area contributed by atoms with Crippen molar-refractivity contribution in [1.82, 2.24) is 5.32 Å². The van der Waals surface area contributed by atoms with Gasteiger partial charge in [-0.2, -0.15) is 0 Å². The van der Waals surface area contributed by atoms with Crippen LogP contribution in [0.15, 0.2) is 24.3 Å². The third-order valence-electron chi connectivity index (χ3n) is 3.20. The first-order chi connectivity index (χ1) is 8.21. The Balaban J connectivity index is 2.71. The third kappa shape index (κ3) is 4.49. The van der Waals surface area contributed by atoms with Crippen LogP contribution >= 0.6 is 0 Å². The van der Waals surface area contributed by atoms with Crippen LogP contribution in [0.3, 0.4) is 0 Å². The highest BCUT2D eigenvalue weighted by Crippen LogP contribution is 2.22. The molecule has 0 heterocycles. The smallest absolute Gasteiger partial charge is 0.0488 e. The Morgan fingerprint density at radius 2 is 2.12 bits per heavy atom. The van der Waals surface area contributed by atoms with E-state index in [1.54, 1.807) is 7.11 Å². The number of hydrogen-bond donors (Lipinski definition) is 1. The van der Waals surface area contributed by atoms with Crippen LogP contribution in [-0.4, -0.2) is 20.8 Å². The molecule has 1 aromatic rings. The summed E-state index contributed by atoms with van der Waals surface area (Å²) in [6.45, 7) is 5.25. The van der Waals surface area contributed by atoms with Gasteiger partial charge in [0.2, 0.25) is 0 Å². The van der Waals surface area contributed by atoms with E-state index in [-0.39, 0.29) is 0 Å². The standard InChI is InChI=1S/C15H25NO/c1-5-13-7-6-8-14(10-13)15(16-3)9-12(2)11-17-4/h6-8,10,12,15-16H,5,9,11H2,1-4H3. The van der Waals surface area contributed by atoms with Crippen LogP contribution in [0.1, 0.15) is 37.4 Å². The van der Waals surface area contributed by atoms with Crippen LogP contribution < -0.4 is 5.32 Å². The second-order valence-corrected chi connectivity index (χ2v) is 4.74. The lowest BCUT2D eigenvalue weighted by atomic mass is 9.95. The molecule has 0 aliphatic heterocycles. The molecule has 0 amide bonds. The molecule has 0 aromatic heterocycles. The van der Waals surface area contributed by atoms with Crippen molar-refractivity contribution in [2.75, 3.05) is 20.8 Å². The lowest BCUT2D eigenvalue weighted by molar-refractivity contribution is 0.150. The number of nitrogens with one attached hydrogen (secondary N) is 1. The molecular formula is C15H25NO. The van der Waals surface area contributed by atoms with E-state index >= 15 is 0 Å². The van der Waals surface area contributed by atoms with E-state index in [0.29, 0.717) is 12.0 Å². The summed E-state index contributed by atoms with van der Waals surface area (Å²) >= 11 is 0. The van der Waals surface area contributed by atoms with E-state index < -0.39 is 0 Å². The SMILES string of the molecule is CCc1cccc(C(CC(C)COC)NC)c1. The molecular weight excluding hydrogens is 210 g/mol. The second-order valence-electron chi connectivity index (χ2n) is 4.74. The maximum absolute atomic E-state index is 5.20. The number of methoxy groups -OCH3 is 1. The molecule has 0 saturated heterocycles. The zero-order chi connectivity index (χ0) is 12.7.